The number of carbonyl (C=O) groups is 1. The predicted octanol–water partition coefficient (Wildman–Crippen LogP) is 4.51. The number of halogens is 3. The van der Waals surface area contributed by atoms with Crippen LogP contribution in [0.15, 0.2) is 36.5 Å². The van der Waals surface area contributed by atoms with E-state index in [0.29, 0.717) is 32.8 Å². The molecule has 0 unspecified atom stereocenters. The van der Waals surface area contributed by atoms with Crippen LogP contribution in [0.4, 0.5) is 18.9 Å². The Labute approximate surface area is 219 Å². The molecule has 1 amide bonds. The lowest BCUT2D eigenvalue weighted by atomic mass is 10.1. The molecule has 0 atom stereocenters. The van der Waals surface area contributed by atoms with Crippen LogP contribution >= 0.6 is 12.2 Å². The van der Waals surface area contributed by atoms with Crippen LogP contribution in [0.25, 0.3) is 0 Å². The number of hydrogen-bond donors (Lipinski definition) is 2. The number of carbonyl (C=O) groups excluding carboxylic acids is 1. The molecule has 3 rings (SSSR count). The number of morpholine rings is 1. The number of rotatable bonds is 11. The van der Waals surface area contributed by atoms with Gasteiger partial charge in [-0.25, -0.2) is 4.98 Å². The minimum atomic E-state index is -4.62. The van der Waals surface area contributed by atoms with Crippen LogP contribution in [-0.2, 0) is 10.9 Å². The van der Waals surface area contributed by atoms with Crippen LogP contribution < -0.4 is 20.1 Å². The molecule has 2 heterocycles. The molecule has 1 saturated heterocycles. The van der Waals surface area contributed by atoms with Crippen LogP contribution in [0, 0.1) is 0 Å². The Hall–Kier alpha value is -2.96. The Morgan fingerprint density at radius 1 is 1.16 bits per heavy atom. The third-order valence-electron chi connectivity index (χ3n) is 5.54. The topological polar surface area (TPSA) is 85.0 Å². The van der Waals surface area contributed by atoms with Crippen LogP contribution in [-0.4, -0.2) is 67.0 Å². The van der Waals surface area contributed by atoms with E-state index in [1.165, 1.54) is 24.4 Å². The van der Waals surface area contributed by atoms with Crippen LogP contribution in [0.5, 0.6) is 11.6 Å². The van der Waals surface area contributed by atoms with Crippen molar-refractivity contribution in [2.45, 2.75) is 32.4 Å². The summed E-state index contributed by atoms with van der Waals surface area (Å²) in [5, 5.41) is 4.93. The van der Waals surface area contributed by atoms with E-state index >= 15 is 0 Å². The molecular weight excluding hydrogens is 509 g/mol. The number of hydrogen-bond acceptors (Lipinski definition) is 7. The molecule has 0 bridgehead atoms. The summed E-state index contributed by atoms with van der Waals surface area (Å²) in [5.74, 6) is -0.711. The molecule has 1 aromatic carbocycles. The van der Waals surface area contributed by atoms with Crippen LogP contribution in [0.3, 0.4) is 0 Å². The number of aromatic nitrogens is 1. The van der Waals surface area contributed by atoms with E-state index in [2.05, 4.69) is 20.5 Å². The van der Waals surface area contributed by atoms with E-state index in [9.17, 15) is 18.0 Å². The minimum absolute atomic E-state index is 0.0618. The van der Waals surface area contributed by atoms with Crippen molar-refractivity contribution in [1.82, 2.24) is 15.2 Å². The van der Waals surface area contributed by atoms with Gasteiger partial charge in [-0.15, -0.1) is 0 Å². The summed E-state index contributed by atoms with van der Waals surface area (Å²) in [6, 6.07) is 6.66. The summed E-state index contributed by atoms with van der Waals surface area (Å²) in [5.41, 5.74) is -0.710. The first kappa shape index (κ1) is 28.6. The van der Waals surface area contributed by atoms with Crippen molar-refractivity contribution in [3.63, 3.8) is 0 Å². The summed E-state index contributed by atoms with van der Waals surface area (Å²) in [4.78, 5) is 19.1. The van der Waals surface area contributed by atoms with Crippen molar-refractivity contribution < 1.29 is 32.2 Å². The Balaban J connectivity index is 1.59. The van der Waals surface area contributed by atoms with E-state index in [-0.39, 0.29) is 34.6 Å². The molecule has 1 aliphatic heterocycles. The molecule has 0 saturated carbocycles. The first-order chi connectivity index (χ1) is 17.8. The van der Waals surface area contributed by atoms with Gasteiger partial charge >= 0.3 is 6.18 Å². The van der Waals surface area contributed by atoms with Gasteiger partial charge in [0.05, 0.1) is 25.4 Å². The monoisotopic (exact) mass is 540 g/mol. The number of amides is 1. The number of anilines is 1. The Bertz CT molecular complexity index is 1050. The number of ether oxygens (including phenoxy) is 3. The number of alkyl halides is 3. The first-order valence-electron chi connectivity index (χ1n) is 12.1. The molecule has 12 heteroatoms. The van der Waals surface area contributed by atoms with Crippen LogP contribution in [0.1, 0.15) is 42.1 Å². The van der Waals surface area contributed by atoms with E-state index in [0.717, 1.165) is 32.0 Å². The maximum atomic E-state index is 13.6. The Morgan fingerprint density at radius 3 is 2.68 bits per heavy atom. The summed E-state index contributed by atoms with van der Waals surface area (Å²) < 4.78 is 57.2. The maximum Gasteiger partial charge on any atom is 0.420 e. The van der Waals surface area contributed by atoms with E-state index in [4.69, 9.17) is 26.4 Å². The second kappa shape index (κ2) is 14.1. The highest BCUT2D eigenvalue weighted by atomic mass is 32.1. The van der Waals surface area contributed by atoms with Crippen molar-refractivity contribution >= 4 is 28.9 Å². The number of benzene rings is 1. The van der Waals surface area contributed by atoms with Crippen molar-refractivity contribution in [1.29, 1.82) is 0 Å². The zero-order chi connectivity index (χ0) is 26.7. The highest BCUT2D eigenvalue weighted by Crippen LogP contribution is 2.38. The highest BCUT2D eigenvalue weighted by Gasteiger charge is 2.35. The van der Waals surface area contributed by atoms with E-state index < -0.39 is 17.6 Å². The van der Waals surface area contributed by atoms with Gasteiger partial charge in [0.1, 0.15) is 17.9 Å². The van der Waals surface area contributed by atoms with Gasteiger partial charge < -0.3 is 19.5 Å². The number of thiocarbonyl (C=S) groups is 1. The average molecular weight is 541 g/mol. The van der Waals surface area contributed by atoms with Crippen LogP contribution in [0.2, 0.25) is 0 Å². The normalized spacial score (nSPS) is 14.2. The fraction of sp³-hybridized carbons (Fsp3) is 0.480. The summed E-state index contributed by atoms with van der Waals surface area (Å²) >= 11 is 5.16. The lowest BCUT2D eigenvalue weighted by molar-refractivity contribution is -0.138. The van der Waals surface area contributed by atoms with Crippen molar-refractivity contribution in [3.8, 4) is 11.6 Å². The van der Waals surface area contributed by atoms with Gasteiger partial charge in [-0.1, -0.05) is 19.8 Å². The largest absolute Gasteiger partial charge is 0.493 e. The molecule has 2 N–H and O–H groups in total. The SMILES string of the molecule is CCCCCOc1ccc(NC(=S)NC(=O)c2cccnc2OCCN2CCOCC2)cc1C(F)(F)F. The molecule has 2 aromatic rings. The molecule has 8 nitrogen and oxygen atoms in total. The maximum absolute atomic E-state index is 13.6. The second-order valence-electron chi connectivity index (χ2n) is 8.33. The summed E-state index contributed by atoms with van der Waals surface area (Å²) in [6.45, 7) is 6.12. The standard InChI is InChI=1S/C25H31F3N4O4S/c1-2-3-4-13-35-21-8-7-18(17-20(21)25(26,27)28)30-24(37)31-22(33)19-6-5-9-29-23(19)36-16-12-32-10-14-34-15-11-32/h5-9,17H,2-4,10-16H2,1H3,(H2,30,31,33,37). The molecule has 0 radical (unpaired) electrons. The molecule has 1 aromatic heterocycles. The minimum Gasteiger partial charge on any atom is -0.493 e. The molecular formula is C25H31F3N4O4S. The third-order valence-corrected chi connectivity index (χ3v) is 5.75. The number of nitrogens with one attached hydrogen (secondary N) is 2. The summed E-state index contributed by atoms with van der Waals surface area (Å²) in [7, 11) is 0. The lowest BCUT2D eigenvalue weighted by Crippen LogP contribution is -2.39. The van der Waals surface area contributed by atoms with Gasteiger partial charge in [0.2, 0.25) is 5.88 Å². The van der Waals surface area contributed by atoms with Crippen molar-refractivity contribution in [2.24, 2.45) is 0 Å². The van der Waals surface area contributed by atoms with Crippen molar-refractivity contribution in [2.75, 3.05) is 51.4 Å². The zero-order valence-corrected chi connectivity index (χ0v) is 21.4. The van der Waals surface area contributed by atoms with Gasteiger partial charge in [-0.2, -0.15) is 13.2 Å². The molecule has 202 valence electrons. The lowest BCUT2D eigenvalue weighted by Gasteiger charge is -2.26. The molecule has 1 aliphatic rings. The predicted molar refractivity (Wildman–Crippen MR) is 137 cm³/mol. The van der Waals surface area contributed by atoms with Gasteiger partial charge in [0, 0.05) is 31.5 Å². The smallest absolute Gasteiger partial charge is 0.420 e. The first-order valence-corrected chi connectivity index (χ1v) is 12.5. The molecule has 37 heavy (non-hydrogen) atoms. The Kier molecular flexibility index (Phi) is 10.9. The van der Waals surface area contributed by atoms with E-state index in [1.807, 2.05) is 6.92 Å². The van der Waals surface area contributed by atoms with Crippen molar-refractivity contribution in [3.05, 3.63) is 47.7 Å². The third kappa shape index (κ3) is 9.13. The summed E-state index contributed by atoms with van der Waals surface area (Å²) in [6.07, 6.45) is -0.653. The molecule has 0 aliphatic carbocycles. The quantitative estimate of drug-likeness (QED) is 0.318. The molecule has 1 fully saturated rings. The van der Waals surface area contributed by atoms with Gasteiger partial charge in [0.25, 0.3) is 5.91 Å². The molecule has 0 spiro atoms. The average Bonchev–Trinajstić information content (AvgIpc) is 2.87. The Morgan fingerprint density at radius 2 is 1.95 bits per heavy atom. The highest BCUT2D eigenvalue weighted by molar-refractivity contribution is 7.80. The zero-order valence-electron chi connectivity index (χ0n) is 20.6. The number of pyridine rings is 1. The van der Waals surface area contributed by atoms with Gasteiger partial charge in [0.15, 0.2) is 5.11 Å². The van der Waals surface area contributed by atoms with Gasteiger partial charge in [-0.3, -0.25) is 15.0 Å². The van der Waals surface area contributed by atoms with E-state index in [1.54, 1.807) is 6.07 Å². The number of unbranched alkanes of at least 4 members (excludes halogenated alkanes) is 2. The fourth-order valence-electron chi connectivity index (χ4n) is 3.60. The second-order valence-corrected chi connectivity index (χ2v) is 8.74. The fourth-order valence-corrected chi connectivity index (χ4v) is 3.81. The number of nitrogens with zero attached hydrogens (tertiary/aromatic N) is 2. The van der Waals surface area contributed by atoms with Gasteiger partial charge in [-0.05, 0) is 49.0 Å².